The molecule has 1 nitrogen and oxygen atoms in total. The lowest BCUT2D eigenvalue weighted by molar-refractivity contribution is -0.114. The molecule has 2 saturated carbocycles. The van der Waals surface area contributed by atoms with E-state index < -0.39 is 0 Å². The van der Waals surface area contributed by atoms with Crippen LogP contribution in [0.1, 0.15) is 65.7 Å². The van der Waals surface area contributed by atoms with Crippen LogP contribution >= 0.6 is 0 Å². The van der Waals surface area contributed by atoms with E-state index in [1.54, 1.807) is 11.1 Å². The lowest BCUT2D eigenvalue weighted by Gasteiger charge is -2.51. The third kappa shape index (κ3) is 1.85. The molecule has 4 aliphatic carbocycles. The maximum Gasteiger partial charge on any atom is 0.156 e. The Hall–Kier alpha value is -0.850. The van der Waals surface area contributed by atoms with E-state index in [9.17, 15) is 4.79 Å². The lowest BCUT2D eigenvalue weighted by atomic mass is 9.53. The largest absolute Gasteiger partial charge is 0.295 e. The predicted molar refractivity (Wildman–Crippen MR) is 85.9 cm³/mol. The molecule has 114 valence electrons. The van der Waals surface area contributed by atoms with E-state index in [-0.39, 0.29) is 0 Å². The van der Waals surface area contributed by atoms with Crippen LogP contribution in [-0.2, 0) is 4.79 Å². The molecule has 1 heteroatoms. The molecule has 0 N–H and O–H groups in total. The fourth-order valence-corrected chi connectivity index (χ4v) is 6.32. The van der Waals surface area contributed by atoms with E-state index in [0.29, 0.717) is 11.2 Å². The van der Waals surface area contributed by atoms with Gasteiger partial charge in [0.25, 0.3) is 0 Å². The second-order valence-corrected chi connectivity index (χ2v) is 8.41. The number of allylic oxidation sites excluding steroid dienone is 4. The van der Waals surface area contributed by atoms with E-state index in [2.05, 4.69) is 20.8 Å². The minimum atomic E-state index is 0.357. The van der Waals surface area contributed by atoms with E-state index in [4.69, 9.17) is 0 Å². The summed E-state index contributed by atoms with van der Waals surface area (Å²) in [6.07, 6.45) is 10.4. The molecule has 0 radical (unpaired) electrons. The second-order valence-electron chi connectivity index (χ2n) is 8.41. The lowest BCUT2D eigenvalue weighted by Crippen LogP contribution is -2.42. The summed E-state index contributed by atoms with van der Waals surface area (Å²) in [6.45, 7) is 7.52. The molecule has 2 fully saturated rings. The van der Waals surface area contributed by atoms with Crippen molar-refractivity contribution >= 4 is 5.78 Å². The van der Waals surface area contributed by atoms with Gasteiger partial charge in [0.15, 0.2) is 5.78 Å². The average Bonchev–Trinajstić information content (AvgIpc) is 2.74. The molecule has 0 aromatic heterocycles. The van der Waals surface area contributed by atoms with Crippen LogP contribution in [0.4, 0.5) is 0 Å². The highest BCUT2D eigenvalue weighted by atomic mass is 16.1. The highest BCUT2D eigenvalue weighted by Gasteiger charge is 2.53. The van der Waals surface area contributed by atoms with Crippen LogP contribution in [0.15, 0.2) is 22.8 Å². The Morgan fingerprint density at radius 2 is 1.90 bits per heavy atom. The van der Waals surface area contributed by atoms with Crippen molar-refractivity contribution in [2.24, 2.45) is 29.1 Å². The fourth-order valence-electron chi connectivity index (χ4n) is 6.32. The van der Waals surface area contributed by atoms with Gasteiger partial charge in [0.05, 0.1) is 0 Å². The number of ketones is 1. The van der Waals surface area contributed by atoms with Gasteiger partial charge < -0.3 is 0 Å². The van der Waals surface area contributed by atoms with Gasteiger partial charge in [-0.2, -0.15) is 0 Å². The number of carbonyl (C=O) groups is 1. The first-order valence-electron chi connectivity index (χ1n) is 8.97. The van der Waals surface area contributed by atoms with Crippen LogP contribution in [0.5, 0.6) is 0 Å². The van der Waals surface area contributed by atoms with Crippen molar-refractivity contribution in [1.82, 2.24) is 0 Å². The highest BCUT2D eigenvalue weighted by molar-refractivity contribution is 5.93. The van der Waals surface area contributed by atoms with Gasteiger partial charge in [0, 0.05) is 6.42 Å². The Balaban J connectivity index is 1.80. The maximum atomic E-state index is 11.7. The minimum Gasteiger partial charge on any atom is -0.295 e. The molecular formula is C20H28O. The minimum absolute atomic E-state index is 0.357. The van der Waals surface area contributed by atoms with Crippen molar-refractivity contribution in [2.45, 2.75) is 65.7 Å². The van der Waals surface area contributed by atoms with Gasteiger partial charge in [-0.25, -0.2) is 0 Å². The molecule has 2 unspecified atom stereocenters. The summed E-state index contributed by atoms with van der Waals surface area (Å²) in [5.74, 6) is 3.70. The molecule has 0 amide bonds. The molecule has 0 aromatic rings. The molecule has 0 aromatic carbocycles. The van der Waals surface area contributed by atoms with Crippen LogP contribution < -0.4 is 0 Å². The number of hydrogen-bond donors (Lipinski definition) is 0. The summed E-state index contributed by atoms with van der Waals surface area (Å²) in [5, 5.41) is 0. The summed E-state index contributed by atoms with van der Waals surface area (Å²) in [5.41, 5.74) is 5.36. The molecule has 4 rings (SSSR count). The monoisotopic (exact) mass is 284 g/mol. The van der Waals surface area contributed by atoms with Crippen molar-refractivity contribution in [2.75, 3.05) is 0 Å². The Morgan fingerprint density at radius 3 is 2.71 bits per heavy atom. The fraction of sp³-hybridized carbons (Fsp3) is 0.750. The molecule has 0 bridgehead atoms. The molecule has 0 spiro atoms. The zero-order valence-corrected chi connectivity index (χ0v) is 13.7. The van der Waals surface area contributed by atoms with Crippen molar-refractivity contribution in [3.05, 3.63) is 22.8 Å². The molecular weight excluding hydrogens is 256 g/mol. The summed E-state index contributed by atoms with van der Waals surface area (Å²) < 4.78 is 0. The van der Waals surface area contributed by atoms with Crippen LogP contribution in [-0.4, -0.2) is 5.78 Å². The van der Waals surface area contributed by atoms with Crippen molar-refractivity contribution < 1.29 is 4.79 Å². The van der Waals surface area contributed by atoms with Crippen LogP contribution in [0.2, 0.25) is 0 Å². The van der Waals surface area contributed by atoms with E-state index in [1.807, 2.05) is 6.08 Å². The molecule has 0 heterocycles. The summed E-state index contributed by atoms with van der Waals surface area (Å²) in [4.78, 5) is 11.7. The summed E-state index contributed by atoms with van der Waals surface area (Å²) in [6, 6.07) is 0. The molecule has 5 atom stereocenters. The van der Waals surface area contributed by atoms with Gasteiger partial charge in [0.2, 0.25) is 0 Å². The Bertz CT molecular complexity index is 552. The second kappa shape index (κ2) is 4.57. The first-order chi connectivity index (χ1) is 10.0. The molecule has 0 saturated heterocycles. The standard InChI is InChI=1S/C20H28O/c1-12-11-20(3)13(2)4-9-18(20)17-7-5-14-10-15(21)6-8-16(14)19(12)17/h10,12-13,17-18H,4-9,11H2,1-3H3/t12-,13-,17?,18?,20+/m0/s1. The third-order valence-corrected chi connectivity index (χ3v) is 7.46. The zero-order chi connectivity index (χ0) is 14.8. The molecule has 0 aliphatic heterocycles. The molecule has 21 heavy (non-hydrogen) atoms. The van der Waals surface area contributed by atoms with E-state index in [0.717, 1.165) is 42.9 Å². The van der Waals surface area contributed by atoms with Crippen molar-refractivity contribution in [3.63, 3.8) is 0 Å². The van der Waals surface area contributed by atoms with Gasteiger partial charge in [0.1, 0.15) is 0 Å². The topological polar surface area (TPSA) is 17.1 Å². The van der Waals surface area contributed by atoms with Gasteiger partial charge >= 0.3 is 0 Å². The first-order valence-corrected chi connectivity index (χ1v) is 8.97. The van der Waals surface area contributed by atoms with Gasteiger partial charge in [-0.1, -0.05) is 26.3 Å². The molecule has 4 aliphatic rings. The van der Waals surface area contributed by atoms with Crippen molar-refractivity contribution in [3.8, 4) is 0 Å². The Morgan fingerprint density at radius 1 is 1.10 bits per heavy atom. The van der Waals surface area contributed by atoms with Crippen LogP contribution in [0.3, 0.4) is 0 Å². The third-order valence-electron chi connectivity index (χ3n) is 7.46. The maximum absolute atomic E-state index is 11.7. The van der Waals surface area contributed by atoms with Crippen LogP contribution in [0.25, 0.3) is 0 Å². The first kappa shape index (κ1) is 13.8. The van der Waals surface area contributed by atoms with E-state index in [1.165, 1.54) is 31.3 Å². The number of carbonyl (C=O) groups excluding carboxylic acids is 1. The zero-order valence-electron chi connectivity index (χ0n) is 13.7. The normalized spacial score (nSPS) is 45.9. The summed E-state index contributed by atoms with van der Waals surface area (Å²) in [7, 11) is 0. The summed E-state index contributed by atoms with van der Waals surface area (Å²) >= 11 is 0. The Labute approximate surface area is 128 Å². The average molecular weight is 284 g/mol. The van der Waals surface area contributed by atoms with Crippen LogP contribution in [0, 0.1) is 29.1 Å². The quantitative estimate of drug-likeness (QED) is 0.606. The van der Waals surface area contributed by atoms with Gasteiger partial charge in [-0.15, -0.1) is 0 Å². The number of fused-ring (bicyclic) bond motifs is 4. The highest BCUT2D eigenvalue weighted by Crippen LogP contribution is 2.63. The van der Waals surface area contributed by atoms with Gasteiger partial charge in [-0.3, -0.25) is 4.79 Å². The number of rotatable bonds is 0. The number of hydrogen-bond acceptors (Lipinski definition) is 1. The predicted octanol–water partition coefficient (Wildman–Crippen LogP) is 5.07. The SMILES string of the molecule is C[C@H]1C[C@@]2(C)C(CC[C@@H]2C)C2CCC3=CC(=O)CCC3=C21. The van der Waals surface area contributed by atoms with Gasteiger partial charge in [-0.05, 0) is 84.8 Å². The van der Waals surface area contributed by atoms with E-state index >= 15 is 0 Å². The van der Waals surface area contributed by atoms with Crippen molar-refractivity contribution in [1.29, 1.82) is 0 Å². The smallest absolute Gasteiger partial charge is 0.156 e. The Kier molecular flexibility index (Phi) is 3.00.